The van der Waals surface area contributed by atoms with E-state index < -0.39 is 31.2 Å². The average Bonchev–Trinajstić information content (AvgIpc) is 3.43. The first kappa shape index (κ1) is 25.4. The molecule has 1 aliphatic carbocycles. The van der Waals surface area contributed by atoms with Gasteiger partial charge in [0.1, 0.15) is 5.60 Å². The lowest BCUT2D eigenvalue weighted by molar-refractivity contribution is 0.0336. The molecule has 2 aromatic carbocycles. The molecule has 4 rings (SSSR count). The molecule has 35 heavy (non-hydrogen) atoms. The van der Waals surface area contributed by atoms with E-state index in [2.05, 4.69) is 20.4 Å². The summed E-state index contributed by atoms with van der Waals surface area (Å²) < 4.78 is 54.0. The van der Waals surface area contributed by atoms with Crippen molar-refractivity contribution in [2.75, 3.05) is 5.75 Å². The van der Waals surface area contributed by atoms with Crippen LogP contribution in [0.15, 0.2) is 101 Å². The highest BCUT2D eigenvalue weighted by molar-refractivity contribution is 7.91. The molecular weight excluding hydrogens is 482 g/mol. The van der Waals surface area contributed by atoms with Gasteiger partial charge in [0.2, 0.25) is 0 Å². The van der Waals surface area contributed by atoms with Crippen molar-refractivity contribution in [3.63, 3.8) is 0 Å². The summed E-state index contributed by atoms with van der Waals surface area (Å²) in [6.45, 7) is 8.39. The monoisotopic (exact) mass is 513 g/mol. The van der Waals surface area contributed by atoms with Crippen LogP contribution in [0.5, 0.6) is 0 Å². The molecule has 0 aliphatic heterocycles. The van der Waals surface area contributed by atoms with E-state index in [4.69, 9.17) is 0 Å². The minimum absolute atomic E-state index is 0.0879. The molecule has 6 nitrogen and oxygen atoms in total. The maximum absolute atomic E-state index is 13.3. The summed E-state index contributed by atoms with van der Waals surface area (Å²) in [6.07, 6.45) is 3.73. The third-order valence-corrected chi connectivity index (χ3v) is 10.6. The highest BCUT2D eigenvalue weighted by Crippen LogP contribution is 2.46. The van der Waals surface area contributed by atoms with Crippen molar-refractivity contribution in [3.05, 3.63) is 96.8 Å². The van der Waals surface area contributed by atoms with Gasteiger partial charge in [0.05, 0.1) is 15.5 Å². The fourth-order valence-corrected chi connectivity index (χ4v) is 7.97. The summed E-state index contributed by atoms with van der Waals surface area (Å²) in [7, 11) is -7.77. The van der Waals surface area contributed by atoms with Gasteiger partial charge in [0.15, 0.2) is 9.84 Å². The molecule has 0 radical (unpaired) electrons. The number of rotatable bonds is 8. The van der Waals surface area contributed by atoms with Gasteiger partial charge in [-0.2, -0.15) is 0 Å². The van der Waals surface area contributed by atoms with Gasteiger partial charge < -0.3 is 5.11 Å². The molecule has 186 valence electrons. The molecule has 8 heteroatoms. The van der Waals surface area contributed by atoms with Gasteiger partial charge in [-0.1, -0.05) is 62.4 Å². The highest BCUT2D eigenvalue weighted by atomic mass is 32.2. The molecule has 3 aromatic rings. The van der Waals surface area contributed by atoms with E-state index >= 15 is 0 Å². The largest absolute Gasteiger partial charge is 0.384 e. The second-order valence-corrected chi connectivity index (χ2v) is 13.5. The van der Waals surface area contributed by atoms with E-state index in [0.717, 1.165) is 16.0 Å². The zero-order valence-electron chi connectivity index (χ0n) is 19.9. The van der Waals surface area contributed by atoms with Crippen LogP contribution in [-0.2, 0) is 25.5 Å². The lowest BCUT2D eigenvalue weighted by Crippen LogP contribution is -2.37. The smallest absolute Gasteiger partial charge is 0.267 e. The molecule has 0 bridgehead atoms. The van der Waals surface area contributed by atoms with Gasteiger partial charge >= 0.3 is 0 Å². The lowest BCUT2D eigenvalue weighted by atomic mass is 9.81. The summed E-state index contributed by atoms with van der Waals surface area (Å²) in [6, 6.07) is 17.5. The van der Waals surface area contributed by atoms with Gasteiger partial charge in [-0.15, -0.1) is 0 Å². The minimum Gasteiger partial charge on any atom is -0.384 e. The third kappa shape index (κ3) is 5.01. The van der Waals surface area contributed by atoms with Crippen LogP contribution in [0.4, 0.5) is 0 Å². The normalized spacial score (nSPS) is 22.7. The van der Waals surface area contributed by atoms with Crippen LogP contribution < -0.4 is 0 Å². The number of benzene rings is 2. The maximum Gasteiger partial charge on any atom is 0.267 e. The van der Waals surface area contributed by atoms with E-state index in [-0.39, 0.29) is 39.5 Å². The van der Waals surface area contributed by atoms with Crippen molar-refractivity contribution >= 4 is 19.9 Å². The minimum atomic E-state index is -3.89. The molecule has 0 amide bonds. The van der Waals surface area contributed by atoms with Gasteiger partial charge in [0.25, 0.3) is 10.0 Å². The van der Waals surface area contributed by atoms with Crippen molar-refractivity contribution in [1.29, 1.82) is 0 Å². The number of hydrogen-bond donors (Lipinski definition) is 1. The molecule has 0 spiro atoms. The Hall–Kier alpha value is -2.68. The fourth-order valence-electron chi connectivity index (χ4n) is 5.10. The van der Waals surface area contributed by atoms with Crippen LogP contribution in [0, 0.1) is 17.8 Å². The molecule has 2 unspecified atom stereocenters. The molecule has 1 aliphatic rings. The Morgan fingerprint density at radius 1 is 0.943 bits per heavy atom. The van der Waals surface area contributed by atoms with Crippen molar-refractivity contribution in [3.8, 4) is 0 Å². The Morgan fingerprint density at radius 2 is 1.51 bits per heavy atom. The zero-order valence-corrected chi connectivity index (χ0v) is 21.5. The maximum atomic E-state index is 13.3. The first-order valence-electron chi connectivity index (χ1n) is 11.6. The second-order valence-electron chi connectivity index (χ2n) is 9.65. The quantitative estimate of drug-likeness (QED) is 0.444. The lowest BCUT2D eigenvalue weighted by Gasteiger charge is -2.32. The van der Waals surface area contributed by atoms with Crippen LogP contribution in [0.2, 0.25) is 0 Å². The third-order valence-electron chi connectivity index (χ3n) is 7.13. The molecule has 1 fully saturated rings. The number of sulfone groups is 1. The van der Waals surface area contributed by atoms with Gasteiger partial charge in [-0.3, -0.25) is 0 Å². The van der Waals surface area contributed by atoms with Crippen molar-refractivity contribution in [2.45, 2.75) is 42.1 Å². The first-order chi connectivity index (χ1) is 16.4. The van der Waals surface area contributed by atoms with Crippen molar-refractivity contribution in [1.82, 2.24) is 3.97 Å². The summed E-state index contributed by atoms with van der Waals surface area (Å²) in [5, 5.41) is 12.0. The van der Waals surface area contributed by atoms with Crippen molar-refractivity contribution < 1.29 is 21.9 Å². The standard InChI is InChI=1S/C27H31NO5S2/c1-20-16-21(2)26(22(20)3)17-27(29,19-34(30,31)24-10-6-4-7-11-24)23-14-15-28(18-23)35(32,33)25-12-8-5-9-13-25/h4-15,18,20-21,26,29H,3,16-17,19H2,1-2H3/t20-,21+,26?,27?/m0/s1. The Kier molecular flexibility index (Phi) is 6.83. The molecule has 1 N–H and O–H groups in total. The van der Waals surface area contributed by atoms with Gasteiger partial charge in [0, 0.05) is 18.0 Å². The van der Waals surface area contributed by atoms with Crippen LogP contribution in [-0.4, -0.2) is 31.7 Å². The number of aromatic nitrogens is 1. The Balaban J connectivity index is 1.76. The van der Waals surface area contributed by atoms with Crippen LogP contribution in [0.3, 0.4) is 0 Å². The SMILES string of the molecule is C=C1C(CC(O)(CS(=O)(=O)c2ccccc2)c2ccn(S(=O)(=O)c3ccccc3)c2)[C@H](C)C[C@@H]1C. The number of hydrogen-bond acceptors (Lipinski definition) is 5. The summed E-state index contributed by atoms with van der Waals surface area (Å²) in [5.41, 5.74) is -0.571. The van der Waals surface area contributed by atoms with Crippen molar-refractivity contribution in [2.24, 2.45) is 17.8 Å². The molecule has 0 saturated heterocycles. The average molecular weight is 514 g/mol. The molecular formula is C27H31NO5S2. The first-order valence-corrected chi connectivity index (χ1v) is 14.7. The predicted octanol–water partition coefficient (Wildman–Crippen LogP) is 4.63. The van der Waals surface area contributed by atoms with Crippen LogP contribution >= 0.6 is 0 Å². The summed E-state index contributed by atoms with van der Waals surface area (Å²) in [4.78, 5) is 0.218. The van der Waals surface area contributed by atoms with E-state index in [0.29, 0.717) is 0 Å². The topological polar surface area (TPSA) is 93.4 Å². The summed E-state index contributed by atoms with van der Waals surface area (Å²) in [5.74, 6) is -0.161. The van der Waals surface area contributed by atoms with E-state index in [9.17, 15) is 21.9 Å². The van der Waals surface area contributed by atoms with E-state index in [1.54, 1.807) is 36.4 Å². The predicted molar refractivity (Wildman–Crippen MR) is 136 cm³/mol. The fraction of sp³-hybridized carbons (Fsp3) is 0.333. The highest BCUT2D eigenvalue weighted by Gasteiger charge is 2.43. The zero-order chi connectivity index (χ0) is 25.4. The van der Waals surface area contributed by atoms with E-state index in [1.807, 2.05) is 0 Å². The Labute approximate surface area is 207 Å². The molecule has 1 heterocycles. The van der Waals surface area contributed by atoms with Crippen LogP contribution in [0.1, 0.15) is 32.3 Å². The van der Waals surface area contributed by atoms with Gasteiger partial charge in [-0.25, -0.2) is 20.8 Å². The second kappa shape index (κ2) is 9.41. The Bertz CT molecular complexity index is 1410. The number of nitrogens with zero attached hydrogens (tertiary/aromatic N) is 1. The molecule has 1 saturated carbocycles. The summed E-state index contributed by atoms with van der Waals surface area (Å²) >= 11 is 0. The van der Waals surface area contributed by atoms with E-state index in [1.165, 1.54) is 42.7 Å². The Morgan fingerprint density at radius 3 is 2.06 bits per heavy atom. The molecule has 1 aromatic heterocycles. The number of allylic oxidation sites excluding steroid dienone is 1. The van der Waals surface area contributed by atoms with Gasteiger partial charge in [-0.05, 0) is 60.9 Å². The molecule has 4 atom stereocenters. The van der Waals surface area contributed by atoms with Crippen LogP contribution in [0.25, 0.3) is 0 Å². The number of aliphatic hydroxyl groups is 1.